The van der Waals surface area contributed by atoms with Gasteiger partial charge in [-0.15, -0.1) is 10.2 Å². The lowest BCUT2D eigenvalue weighted by Gasteiger charge is -2.23. The number of hydrogen-bond donors (Lipinski definition) is 4. The van der Waals surface area contributed by atoms with Crippen molar-refractivity contribution >= 4 is 29.0 Å². The minimum absolute atomic E-state index is 0.0138. The number of amides is 1. The van der Waals surface area contributed by atoms with Gasteiger partial charge in [-0.05, 0) is 43.5 Å². The van der Waals surface area contributed by atoms with E-state index in [1.807, 2.05) is 69.0 Å². The van der Waals surface area contributed by atoms with E-state index >= 15 is 0 Å². The molecule has 1 amide bonds. The second-order valence-corrected chi connectivity index (χ2v) is 13.9. The summed E-state index contributed by atoms with van der Waals surface area (Å²) in [6.45, 7) is 9.01. The molecule has 4 heterocycles. The van der Waals surface area contributed by atoms with Gasteiger partial charge in [0, 0.05) is 38.4 Å². The number of aromatic nitrogens is 8. The summed E-state index contributed by atoms with van der Waals surface area (Å²) < 4.78 is 7.25. The van der Waals surface area contributed by atoms with Crippen LogP contribution in [-0.2, 0) is 11.2 Å². The van der Waals surface area contributed by atoms with Crippen LogP contribution in [0.1, 0.15) is 75.5 Å². The number of benzene rings is 2. The third-order valence-corrected chi connectivity index (χ3v) is 9.22. The summed E-state index contributed by atoms with van der Waals surface area (Å²) in [6, 6.07) is 19.0. The number of anilines is 2. The Labute approximate surface area is 295 Å². The molecular weight excluding hydrogens is 650 g/mol. The molecule has 1 fully saturated rings. The number of nitrogens with zero attached hydrogens (tertiary/aromatic N) is 9. The number of allylic oxidation sites excluding steroid dienone is 2. The zero-order valence-corrected chi connectivity index (χ0v) is 29.1. The number of aliphatic hydroxyl groups is 2. The third-order valence-electron chi connectivity index (χ3n) is 9.22. The molecular formula is C36H43N11O4. The summed E-state index contributed by atoms with van der Waals surface area (Å²) in [5, 5.41) is 41.3. The van der Waals surface area contributed by atoms with Crippen LogP contribution in [0.3, 0.4) is 0 Å². The summed E-state index contributed by atoms with van der Waals surface area (Å²) in [7, 11) is 0. The van der Waals surface area contributed by atoms with E-state index in [0.29, 0.717) is 61.2 Å². The summed E-state index contributed by atoms with van der Waals surface area (Å²) in [4.78, 5) is 30.6. The normalized spacial score (nSPS) is 19.3. The van der Waals surface area contributed by atoms with Gasteiger partial charge in [0.2, 0.25) is 5.95 Å². The third kappa shape index (κ3) is 7.14. The number of fused-ring (bicyclic) bond motifs is 1. The highest BCUT2D eigenvalue weighted by atomic mass is 16.6. The second-order valence-electron chi connectivity index (χ2n) is 13.9. The molecule has 1 aliphatic heterocycles. The lowest BCUT2D eigenvalue weighted by Crippen LogP contribution is -2.40. The SMILES string of the molecule is CCc1nnn([C@H]2C[C@@H](n3cnc4c(NCC(c5ccccc5)c5ccccc5)nc(N5CC[C@@H](NC(=O)OC(C)(C)C)C5)nc43)C(O)=C2O)n1. The van der Waals surface area contributed by atoms with Gasteiger partial charge in [-0.25, -0.2) is 9.78 Å². The number of aliphatic hydroxyl groups excluding tert-OH is 2. The summed E-state index contributed by atoms with van der Waals surface area (Å²) >= 11 is 0. The smallest absolute Gasteiger partial charge is 0.407 e. The van der Waals surface area contributed by atoms with E-state index in [9.17, 15) is 15.0 Å². The van der Waals surface area contributed by atoms with E-state index in [1.54, 1.807) is 10.9 Å². The van der Waals surface area contributed by atoms with E-state index in [4.69, 9.17) is 19.7 Å². The van der Waals surface area contributed by atoms with Crippen LogP contribution in [0, 0.1) is 0 Å². The van der Waals surface area contributed by atoms with Gasteiger partial charge in [0.1, 0.15) is 11.6 Å². The van der Waals surface area contributed by atoms with Crippen LogP contribution in [0.5, 0.6) is 0 Å². The Hall–Kier alpha value is -5.73. The van der Waals surface area contributed by atoms with Gasteiger partial charge < -0.3 is 35.1 Å². The molecule has 15 nitrogen and oxygen atoms in total. The fraction of sp³-hybridized carbons (Fsp3) is 0.417. The zero-order valence-electron chi connectivity index (χ0n) is 29.1. The molecule has 0 spiro atoms. The number of nitrogens with one attached hydrogen (secondary N) is 2. The van der Waals surface area contributed by atoms with Crippen LogP contribution in [-0.4, -0.2) is 87.3 Å². The number of tetrazole rings is 1. The quantitative estimate of drug-likeness (QED) is 0.150. The van der Waals surface area contributed by atoms with Crippen molar-refractivity contribution in [3.63, 3.8) is 0 Å². The average molecular weight is 694 g/mol. The largest absolute Gasteiger partial charge is 0.507 e. The maximum atomic E-state index is 12.6. The predicted octanol–water partition coefficient (Wildman–Crippen LogP) is 5.24. The standard InChI is InChI=1S/C36H43N11O4/c1-5-28-42-44-47(43-28)27-18-26(30(48)31(27)49)46-21-38-29-32(37-19-25(22-12-8-6-9-13-22)23-14-10-7-11-15-23)40-34(41-33(29)46)45-17-16-24(20-45)39-35(50)51-36(2,3)4/h6-15,21,24-27,48-49H,5,16-20H2,1-4H3,(H,39,50)(H,37,40,41)/t24-,26-,27+/m1/s1. The first-order valence-electron chi connectivity index (χ1n) is 17.3. The Morgan fingerprint density at radius 2 is 1.69 bits per heavy atom. The van der Waals surface area contributed by atoms with E-state index in [1.165, 1.54) is 4.80 Å². The minimum Gasteiger partial charge on any atom is -0.507 e. The van der Waals surface area contributed by atoms with Gasteiger partial charge in [0.05, 0.1) is 18.4 Å². The molecule has 3 atom stereocenters. The molecule has 0 bridgehead atoms. The highest BCUT2D eigenvalue weighted by molar-refractivity contribution is 5.84. The number of rotatable bonds is 10. The van der Waals surface area contributed by atoms with Crippen LogP contribution in [0.25, 0.3) is 11.2 Å². The van der Waals surface area contributed by atoms with Crippen molar-refractivity contribution < 1.29 is 19.7 Å². The van der Waals surface area contributed by atoms with Crippen molar-refractivity contribution in [2.75, 3.05) is 29.9 Å². The van der Waals surface area contributed by atoms with Crippen LogP contribution in [0.2, 0.25) is 0 Å². The van der Waals surface area contributed by atoms with E-state index < -0.39 is 23.8 Å². The number of hydrogen-bond acceptors (Lipinski definition) is 12. The molecule has 7 rings (SSSR count). The summed E-state index contributed by atoms with van der Waals surface area (Å²) in [6.07, 6.45) is 2.68. The molecule has 2 aromatic carbocycles. The average Bonchev–Trinajstić information content (AvgIpc) is 3.92. The number of imidazole rings is 1. The molecule has 0 saturated carbocycles. The van der Waals surface area contributed by atoms with Crippen LogP contribution in [0.4, 0.5) is 16.6 Å². The maximum absolute atomic E-state index is 12.6. The molecule has 51 heavy (non-hydrogen) atoms. The van der Waals surface area contributed by atoms with E-state index in [-0.39, 0.29) is 29.9 Å². The minimum atomic E-state index is -0.699. The van der Waals surface area contributed by atoms with Crippen molar-refractivity contribution in [1.82, 2.24) is 45.0 Å². The fourth-order valence-electron chi connectivity index (χ4n) is 6.68. The van der Waals surface area contributed by atoms with E-state index in [0.717, 1.165) is 11.1 Å². The van der Waals surface area contributed by atoms with Crippen LogP contribution >= 0.6 is 0 Å². The fourth-order valence-corrected chi connectivity index (χ4v) is 6.68. The molecule has 0 radical (unpaired) electrons. The highest BCUT2D eigenvalue weighted by Crippen LogP contribution is 2.41. The summed E-state index contributed by atoms with van der Waals surface area (Å²) in [5.41, 5.74) is 2.69. The maximum Gasteiger partial charge on any atom is 0.407 e. The zero-order chi connectivity index (χ0) is 35.7. The topological polar surface area (TPSA) is 181 Å². The van der Waals surface area contributed by atoms with E-state index in [2.05, 4.69) is 50.3 Å². The Morgan fingerprint density at radius 3 is 2.33 bits per heavy atom. The van der Waals surface area contributed by atoms with Crippen molar-refractivity contribution in [2.24, 2.45) is 0 Å². The van der Waals surface area contributed by atoms with Gasteiger partial charge in [-0.3, -0.25) is 0 Å². The first kappa shape index (κ1) is 33.8. The predicted molar refractivity (Wildman–Crippen MR) is 191 cm³/mol. The first-order valence-corrected chi connectivity index (χ1v) is 17.3. The first-order chi connectivity index (χ1) is 24.6. The Morgan fingerprint density at radius 1 is 1.00 bits per heavy atom. The van der Waals surface area contributed by atoms with Gasteiger partial charge >= 0.3 is 6.09 Å². The van der Waals surface area contributed by atoms with Gasteiger partial charge in [0.25, 0.3) is 0 Å². The molecule has 1 saturated heterocycles. The lowest BCUT2D eigenvalue weighted by atomic mass is 9.91. The Kier molecular flexibility index (Phi) is 9.19. The number of alkyl carbamates (subject to hydrolysis) is 1. The van der Waals surface area contributed by atoms with Crippen molar-refractivity contribution in [3.8, 4) is 0 Å². The summed E-state index contributed by atoms with van der Waals surface area (Å²) in [5.74, 6) is 1.10. The van der Waals surface area contributed by atoms with Crippen LogP contribution in [0.15, 0.2) is 78.5 Å². The van der Waals surface area contributed by atoms with Crippen molar-refractivity contribution in [2.45, 2.75) is 76.6 Å². The van der Waals surface area contributed by atoms with Gasteiger partial charge in [0.15, 0.2) is 34.3 Å². The number of carbonyl (C=O) groups is 1. The molecule has 0 unspecified atom stereocenters. The van der Waals surface area contributed by atoms with Crippen LogP contribution < -0.4 is 15.5 Å². The number of ether oxygens (including phenoxy) is 1. The lowest BCUT2D eigenvalue weighted by molar-refractivity contribution is 0.0509. The molecule has 15 heteroatoms. The number of carbonyl (C=O) groups excluding carboxylic acids is 1. The Bertz CT molecular complexity index is 1980. The molecule has 4 N–H and O–H groups in total. The van der Waals surface area contributed by atoms with Crippen molar-refractivity contribution in [3.05, 3.63) is 95.5 Å². The molecule has 3 aromatic heterocycles. The molecule has 266 valence electrons. The molecule has 2 aliphatic rings. The highest BCUT2D eigenvalue weighted by Gasteiger charge is 2.39. The monoisotopic (exact) mass is 693 g/mol. The van der Waals surface area contributed by atoms with Crippen molar-refractivity contribution in [1.29, 1.82) is 0 Å². The molecule has 5 aromatic rings. The van der Waals surface area contributed by atoms with Gasteiger partial charge in [-0.1, -0.05) is 67.6 Å². The molecule has 1 aliphatic carbocycles. The Balaban J connectivity index is 1.22. The van der Waals surface area contributed by atoms with Gasteiger partial charge in [-0.2, -0.15) is 14.8 Å². The second kappa shape index (κ2) is 13.9. The number of aryl methyl sites for hydroxylation is 1.